The van der Waals surface area contributed by atoms with Crippen LogP contribution in [0.5, 0.6) is 0 Å². The number of hydrogen-bond donors (Lipinski definition) is 2. The van der Waals surface area contributed by atoms with Gasteiger partial charge in [0.25, 0.3) is 0 Å². The molecule has 0 aliphatic heterocycles. The highest BCUT2D eigenvalue weighted by molar-refractivity contribution is 7.99. The van der Waals surface area contributed by atoms with Gasteiger partial charge in [0, 0.05) is 11.4 Å². The van der Waals surface area contributed by atoms with E-state index in [1.54, 1.807) is 12.1 Å². The molecule has 0 amide bonds. The van der Waals surface area contributed by atoms with Gasteiger partial charge >= 0.3 is 0 Å². The number of aliphatic hydroxyl groups is 1. The molecule has 1 rings (SSSR count). The molecule has 0 bridgehead atoms. The number of pyridine rings is 1. The van der Waals surface area contributed by atoms with Crippen molar-refractivity contribution in [3.63, 3.8) is 0 Å². The topological polar surface area (TPSA) is 59.1 Å². The van der Waals surface area contributed by atoms with E-state index in [9.17, 15) is 0 Å². The smallest absolute Gasteiger partial charge is 0.132 e. The molecule has 0 aliphatic rings. The van der Waals surface area contributed by atoms with Crippen LogP contribution in [0.2, 0.25) is 5.15 Å². The maximum absolute atomic E-state index is 8.55. The van der Waals surface area contributed by atoms with Crippen LogP contribution in [-0.4, -0.2) is 22.5 Å². The number of nitrogens with zero attached hydrogens (tertiary/aromatic N) is 1. The number of rotatable bonds is 3. The predicted molar refractivity (Wildman–Crippen MR) is 51.5 cm³/mol. The third-order valence-corrected chi connectivity index (χ3v) is 2.22. The van der Waals surface area contributed by atoms with E-state index >= 15 is 0 Å². The number of nitrogens with two attached hydrogens (primary N) is 1. The van der Waals surface area contributed by atoms with Gasteiger partial charge in [0.15, 0.2) is 0 Å². The number of thioether (sulfide) groups is 1. The van der Waals surface area contributed by atoms with E-state index in [0.717, 1.165) is 5.03 Å². The number of aliphatic hydroxyl groups excluding tert-OH is 1. The highest BCUT2D eigenvalue weighted by Gasteiger charge is 1.98. The molecular weight excluding hydrogens is 196 g/mol. The molecule has 0 saturated carbocycles. The fraction of sp³-hybridized carbons (Fsp3) is 0.286. The summed E-state index contributed by atoms with van der Waals surface area (Å²) in [4.78, 5) is 4.01. The highest BCUT2D eigenvalue weighted by atomic mass is 35.5. The summed E-state index contributed by atoms with van der Waals surface area (Å²) < 4.78 is 0. The Bertz CT molecular complexity index is 249. The Labute approximate surface area is 79.9 Å². The summed E-state index contributed by atoms with van der Waals surface area (Å²) in [5.74, 6) is 0.604. The molecule has 0 radical (unpaired) electrons. The lowest BCUT2D eigenvalue weighted by Crippen LogP contribution is -1.91. The van der Waals surface area contributed by atoms with Crippen LogP contribution >= 0.6 is 23.4 Å². The van der Waals surface area contributed by atoms with Crippen LogP contribution in [-0.2, 0) is 0 Å². The van der Waals surface area contributed by atoms with E-state index < -0.39 is 0 Å². The van der Waals surface area contributed by atoms with Crippen LogP contribution in [0, 0.1) is 0 Å². The fourth-order valence-corrected chi connectivity index (χ4v) is 1.67. The molecule has 1 aromatic heterocycles. The highest BCUT2D eigenvalue weighted by Crippen LogP contribution is 2.20. The quantitative estimate of drug-likeness (QED) is 0.577. The van der Waals surface area contributed by atoms with Gasteiger partial charge in [-0.1, -0.05) is 11.6 Å². The Balaban J connectivity index is 2.72. The first-order chi connectivity index (χ1) is 5.72. The van der Waals surface area contributed by atoms with Crippen molar-refractivity contribution in [3.05, 3.63) is 17.3 Å². The molecule has 1 aromatic rings. The molecule has 0 spiro atoms. The Morgan fingerprint density at radius 3 is 2.92 bits per heavy atom. The van der Waals surface area contributed by atoms with Gasteiger partial charge in [-0.25, -0.2) is 4.98 Å². The summed E-state index contributed by atoms with van der Waals surface area (Å²) in [7, 11) is 0. The molecule has 12 heavy (non-hydrogen) atoms. The lowest BCUT2D eigenvalue weighted by Gasteiger charge is -2.00. The Morgan fingerprint density at radius 2 is 2.33 bits per heavy atom. The third kappa shape index (κ3) is 2.89. The Hall–Kier alpha value is -0.450. The number of nitrogen functional groups attached to an aromatic ring is 1. The molecule has 0 aromatic carbocycles. The van der Waals surface area contributed by atoms with Crippen molar-refractivity contribution < 1.29 is 5.11 Å². The summed E-state index contributed by atoms with van der Waals surface area (Å²) in [5.41, 5.74) is 6.12. The first-order valence-electron chi connectivity index (χ1n) is 3.39. The summed E-state index contributed by atoms with van der Waals surface area (Å²) >= 11 is 7.09. The van der Waals surface area contributed by atoms with Crippen LogP contribution < -0.4 is 5.73 Å². The van der Waals surface area contributed by atoms with E-state index in [0.29, 0.717) is 16.6 Å². The van der Waals surface area contributed by atoms with E-state index in [1.807, 2.05) is 0 Å². The average molecular weight is 205 g/mol. The number of anilines is 1. The molecule has 0 atom stereocenters. The Kier molecular flexibility index (Phi) is 3.65. The van der Waals surface area contributed by atoms with Crippen LogP contribution in [0.25, 0.3) is 0 Å². The zero-order valence-corrected chi connectivity index (χ0v) is 7.90. The van der Waals surface area contributed by atoms with Crippen molar-refractivity contribution in [2.75, 3.05) is 18.1 Å². The van der Waals surface area contributed by atoms with Gasteiger partial charge < -0.3 is 10.8 Å². The van der Waals surface area contributed by atoms with Crippen LogP contribution in [0.15, 0.2) is 17.2 Å². The standard InChI is InChI=1S/C7H9ClN2OS/c8-6-3-5(9)4-7(10-6)12-2-1-11/h3-4,11H,1-2H2,(H2,9,10). The van der Waals surface area contributed by atoms with Crippen molar-refractivity contribution in [2.45, 2.75) is 5.03 Å². The normalized spacial score (nSPS) is 10.2. The van der Waals surface area contributed by atoms with Gasteiger partial charge in [0.2, 0.25) is 0 Å². The molecule has 3 N–H and O–H groups in total. The largest absolute Gasteiger partial charge is 0.399 e. The third-order valence-electron chi connectivity index (χ3n) is 1.13. The minimum absolute atomic E-state index is 0.124. The second-order valence-electron chi connectivity index (χ2n) is 2.13. The average Bonchev–Trinajstić information content (AvgIpc) is 1.99. The minimum Gasteiger partial charge on any atom is -0.399 e. The summed E-state index contributed by atoms with van der Waals surface area (Å²) in [6.45, 7) is 0.124. The predicted octanol–water partition coefficient (Wildman–Crippen LogP) is 1.40. The van der Waals surface area contributed by atoms with Gasteiger partial charge in [0.1, 0.15) is 5.15 Å². The van der Waals surface area contributed by atoms with Gasteiger partial charge in [0.05, 0.1) is 11.6 Å². The van der Waals surface area contributed by atoms with Crippen LogP contribution in [0.4, 0.5) is 5.69 Å². The van der Waals surface area contributed by atoms with Crippen LogP contribution in [0.1, 0.15) is 0 Å². The second-order valence-corrected chi connectivity index (χ2v) is 3.64. The summed E-state index contributed by atoms with van der Waals surface area (Å²) in [6.07, 6.45) is 0. The van der Waals surface area contributed by atoms with Gasteiger partial charge in [-0.05, 0) is 12.1 Å². The fourth-order valence-electron chi connectivity index (χ4n) is 0.716. The molecule has 5 heteroatoms. The first kappa shape index (κ1) is 9.64. The van der Waals surface area contributed by atoms with E-state index in [4.69, 9.17) is 22.4 Å². The maximum atomic E-state index is 8.55. The second kappa shape index (κ2) is 4.54. The lowest BCUT2D eigenvalue weighted by atomic mass is 10.4. The van der Waals surface area contributed by atoms with E-state index in [-0.39, 0.29) is 6.61 Å². The molecule has 0 saturated heterocycles. The van der Waals surface area contributed by atoms with E-state index in [2.05, 4.69) is 4.98 Å². The number of halogens is 1. The van der Waals surface area contributed by atoms with Crippen molar-refractivity contribution >= 4 is 29.1 Å². The molecule has 1 heterocycles. The van der Waals surface area contributed by atoms with Crippen molar-refractivity contribution in [1.82, 2.24) is 4.98 Å². The molecule has 66 valence electrons. The molecule has 3 nitrogen and oxygen atoms in total. The molecule has 0 unspecified atom stereocenters. The van der Waals surface area contributed by atoms with E-state index in [1.165, 1.54) is 11.8 Å². The van der Waals surface area contributed by atoms with Crippen molar-refractivity contribution in [2.24, 2.45) is 0 Å². The zero-order valence-electron chi connectivity index (χ0n) is 6.33. The Morgan fingerprint density at radius 1 is 1.58 bits per heavy atom. The van der Waals surface area contributed by atoms with Gasteiger partial charge in [-0.2, -0.15) is 0 Å². The number of aromatic nitrogens is 1. The van der Waals surface area contributed by atoms with Crippen molar-refractivity contribution in [3.8, 4) is 0 Å². The lowest BCUT2D eigenvalue weighted by molar-refractivity contribution is 0.322. The zero-order chi connectivity index (χ0) is 8.97. The summed E-state index contributed by atoms with van der Waals surface area (Å²) in [5, 5.41) is 9.68. The van der Waals surface area contributed by atoms with Gasteiger partial charge in [-0.15, -0.1) is 11.8 Å². The van der Waals surface area contributed by atoms with Gasteiger partial charge in [-0.3, -0.25) is 0 Å². The summed E-state index contributed by atoms with van der Waals surface area (Å²) in [6, 6.07) is 3.32. The van der Waals surface area contributed by atoms with Crippen molar-refractivity contribution in [1.29, 1.82) is 0 Å². The number of hydrogen-bond acceptors (Lipinski definition) is 4. The SMILES string of the molecule is Nc1cc(Cl)nc(SCCO)c1. The molecule has 0 fully saturated rings. The molecule has 0 aliphatic carbocycles. The molecular formula is C7H9ClN2OS. The first-order valence-corrected chi connectivity index (χ1v) is 4.75. The van der Waals surface area contributed by atoms with Crippen LogP contribution in [0.3, 0.4) is 0 Å². The monoisotopic (exact) mass is 204 g/mol. The minimum atomic E-state index is 0.124. The maximum Gasteiger partial charge on any atom is 0.132 e.